The molecule has 2 aliphatic rings. The molecule has 2 N–H and O–H groups in total. The molecule has 8 nitrogen and oxygen atoms in total. The SMILES string of the molecule is O=C(CCNC(=O)C1CCN(C2=NS(=O)(=O)c3ccccc32)CC1)NCc1ccccc1. The summed E-state index contributed by atoms with van der Waals surface area (Å²) in [6.07, 6.45) is 1.43. The Labute approximate surface area is 187 Å². The molecule has 0 saturated carbocycles. The third-order valence-corrected chi connectivity index (χ3v) is 7.09. The van der Waals surface area contributed by atoms with Crippen molar-refractivity contribution in [2.45, 2.75) is 30.7 Å². The van der Waals surface area contributed by atoms with Crippen LogP contribution in [-0.4, -0.2) is 50.6 Å². The number of hydrogen-bond acceptors (Lipinski definition) is 5. The average Bonchev–Trinajstić information content (AvgIpc) is 3.09. The zero-order valence-corrected chi connectivity index (χ0v) is 18.5. The summed E-state index contributed by atoms with van der Waals surface area (Å²) in [6.45, 7) is 1.86. The normalized spacial score (nSPS) is 17.4. The van der Waals surface area contributed by atoms with Gasteiger partial charge in [0, 0.05) is 44.1 Å². The smallest absolute Gasteiger partial charge is 0.285 e. The van der Waals surface area contributed by atoms with Crippen LogP contribution >= 0.6 is 0 Å². The Morgan fingerprint density at radius 1 is 0.969 bits per heavy atom. The van der Waals surface area contributed by atoms with Crippen molar-refractivity contribution in [2.24, 2.45) is 10.3 Å². The summed E-state index contributed by atoms with van der Waals surface area (Å²) >= 11 is 0. The first kappa shape index (κ1) is 22.0. The molecule has 0 aromatic heterocycles. The van der Waals surface area contributed by atoms with Crippen LogP contribution in [0.25, 0.3) is 0 Å². The van der Waals surface area contributed by atoms with Gasteiger partial charge >= 0.3 is 0 Å². The van der Waals surface area contributed by atoms with E-state index in [2.05, 4.69) is 15.0 Å². The second-order valence-corrected chi connectivity index (χ2v) is 9.52. The molecule has 4 rings (SSSR count). The van der Waals surface area contributed by atoms with E-state index in [0.29, 0.717) is 43.9 Å². The maximum Gasteiger partial charge on any atom is 0.285 e. The van der Waals surface area contributed by atoms with Crippen molar-refractivity contribution in [1.82, 2.24) is 15.5 Å². The van der Waals surface area contributed by atoms with Crippen LogP contribution in [0.3, 0.4) is 0 Å². The van der Waals surface area contributed by atoms with Crippen molar-refractivity contribution in [1.29, 1.82) is 0 Å². The molecule has 2 amide bonds. The lowest BCUT2D eigenvalue weighted by Crippen LogP contribution is -2.43. The van der Waals surface area contributed by atoms with Gasteiger partial charge in [-0.1, -0.05) is 42.5 Å². The summed E-state index contributed by atoms with van der Waals surface area (Å²) in [4.78, 5) is 26.7. The van der Waals surface area contributed by atoms with Gasteiger partial charge in [0.2, 0.25) is 11.8 Å². The number of carbonyl (C=O) groups is 2. The van der Waals surface area contributed by atoms with Crippen LogP contribution in [0.1, 0.15) is 30.4 Å². The standard InChI is InChI=1S/C23H26N4O4S/c28-21(25-16-17-6-2-1-3-7-17)10-13-24-23(29)18-11-14-27(15-12-18)22-19-8-4-5-9-20(19)32(30,31)26-22/h1-9,18H,10-16H2,(H,24,29)(H,25,28). The minimum absolute atomic E-state index is 0.0677. The van der Waals surface area contributed by atoms with Gasteiger partial charge in [-0.15, -0.1) is 4.40 Å². The van der Waals surface area contributed by atoms with Gasteiger partial charge in [0.15, 0.2) is 5.84 Å². The highest BCUT2D eigenvalue weighted by molar-refractivity contribution is 7.90. The fourth-order valence-corrected chi connectivity index (χ4v) is 5.23. The largest absolute Gasteiger partial charge is 0.355 e. The first-order valence-electron chi connectivity index (χ1n) is 10.7. The second kappa shape index (κ2) is 9.52. The summed E-state index contributed by atoms with van der Waals surface area (Å²) < 4.78 is 28.5. The average molecular weight is 455 g/mol. The van der Waals surface area contributed by atoms with Crippen LogP contribution in [0, 0.1) is 5.92 Å². The van der Waals surface area contributed by atoms with E-state index in [1.54, 1.807) is 24.3 Å². The van der Waals surface area contributed by atoms with Crippen LogP contribution in [0.2, 0.25) is 0 Å². The minimum Gasteiger partial charge on any atom is -0.355 e. The molecule has 32 heavy (non-hydrogen) atoms. The number of likely N-dealkylation sites (tertiary alicyclic amines) is 1. The maximum absolute atomic E-state index is 12.5. The Kier molecular flexibility index (Phi) is 6.55. The monoisotopic (exact) mass is 454 g/mol. The van der Waals surface area contributed by atoms with Crippen molar-refractivity contribution >= 4 is 27.7 Å². The Morgan fingerprint density at radius 2 is 1.66 bits per heavy atom. The second-order valence-electron chi connectivity index (χ2n) is 7.95. The molecule has 0 radical (unpaired) electrons. The van der Waals surface area contributed by atoms with E-state index in [1.165, 1.54) is 0 Å². The van der Waals surface area contributed by atoms with E-state index in [1.807, 2.05) is 35.2 Å². The van der Waals surface area contributed by atoms with E-state index >= 15 is 0 Å². The number of amidine groups is 1. The van der Waals surface area contributed by atoms with E-state index in [0.717, 1.165) is 5.56 Å². The molecule has 168 valence electrons. The minimum atomic E-state index is -3.65. The lowest BCUT2D eigenvalue weighted by atomic mass is 9.95. The number of rotatable bonds is 6. The van der Waals surface area contributed by atoms with Crippen molar-refractivity contribution < 1.29 is 18.0 Å². The molecular formula is C23H26N4O4S. The van der Waals surface area contributed by atoms with Crippen LogP contribution in [0.15, 0.2) is 63.9 Å². The van der Waals surface area contributed by atoms with Gasteiger partial charge in [-0.2, -0.15) is 8.42 Å². The summed E-state index contributed by atoms with van der Waals surface area (Å²) in [5.74, 6) is 0.131. The number of sulfonamides is 1. The zero-order chi connectivity index (χ0) is 22.6. The number of nitrogens with zero attached hydrogens (tertiary/aromatic N) is 2. The van der Waals surface area contributed by atoms with Crippen LogP contribution in [0.4, 0.5) is 0 Å². The van der Waals surface area contributed by atoms with Crippen LogP contribution in [0.5, 0.6) is 0 Å². The molecule has 0 unspecified atom stereocenters. The molecule has 0 bridgehead atoms. The highest BCUT2D eigenvalue weighted by atomic mass is 32.2. The molecule has 2 heterocycles. The molecule has 1 fully saturated rings. The zero-order valence-electron chi connectivity index (χ0n) is 17.7. The quantitative estimate of drug-likeness (QED) is 0.690. The fourth-order valence-electron chi connectivity index (χ4n) is 4.00. The summed E-state index contributed by atoms with van der Waals surface area (Å²) in [5, 5.41) is 5.70. The number of hydrogen-bond donors (Lipinski definition) is 2. The molecule has 0 atom stereocenters. The number of amides is 2. The predicted octanol–water partition coefficient (Wildman–Crippen LogP) is 1.67. The molecule has 2 aromatic rings. The Balaban J connectivity index is 1.21. The first-order valence-corrected chi connectivity index (χ1v) is 12.2. The molecule has 2 aliphatic heterocycles. The Hall–Kier alpha value is -3.20. The van der Waals surface area contributed by atoms with E-state index < -0.39 is 10.0 Å². The van der Waals surface area contributed by atoms with Crippen molar-refractivity contribution in [3.05, 3.63) is 65.7 Å². The first-order chi connectivity index (χ1) is 15.4. The number of piperidine rings is 1. The van der Waals surface area contributed by atoms with E-state index in [4.69, 9.17) is 0 Å². The molecule has 1 saturated heterocycles. The fraction of sp³-hybridized carbons (Fsp3) is 0.348. The van der Waals surface area contributed by atoms with Gasteiger partial charge < -0.3 is 15.5 Å². The number of fused-ring (bicyclic) bond motifs is 1. The van der Waals surface area contributed by atoms with Gasteiger partial charge in [-0.3, -0.25) is 9.59 Å². The van der Waals surface area contributed by atoms with Crippen molar-refractivity contribution in [3.8, 4) is 0 Å². The summed E-state index contributed by atoms with van der Waals surface area (Å²) in [7, 11) is -3.65. The lowest BCUT2D eigenvalue weighted by molar-refractivity contribution is -0.126. The Bertz CT molecular complexity index is 1120. The molecule has 9 heteroatoms. The van der Waals surface area contributed by atoms with Crippen LogP contribution < -0.4 is 10.6 Å². The molecular weight excluding hydrogens is 428 g/mol. The number of nitrogens with one attached hydrogen (secondary N) is 2. The van der Waals surface area contributed by atoms with Crippen molar-refractivity contribution in [2.75, 3.05) is 19.6 Å². The lowest BCUT2D eigenvalue weighted by Gasteiger charge is -2.32. The summed E-state index contributed by atoms with van der Waals surface area (Å²) in [6, 6.07) is 16.5. The maximum atomic E-state index is 12.5. The molecule has 0 aliphatic carbocycles. The van der Waals surface area contributed by atoms with Gasteiger partial charge in [0.1, 0.15) is 4.90 Å². The summed E-state index contributed by atoms with van der Waals surface area (Å²) in [5.41, 5.74) is 1.65. The highest BCUT2D eigenvalue weighted by Crippen LogP contribution is 2.29. The number of carbonyl (C=O) groups excluding carboxylic acids is 2. The van der Waals surface area contributed by atoms with Gasteiger partial charge in [0.05, 0.1) is 0 Å². The van der Waals surface area contributed by atoms with E-state index in [9.17, 15) is 18.0 Å². The highest BCUT2D eigenvalue weighted by Gasteiger charge is 2.34. The van der Waals surface area contributed by atoms with Gasteiger partial charge in [-0.25, -0.2) is 0 Å². The predicted molar refractivity (Wildman–Crippen MR) is 120 cm³/mol. The van der Waals surface area contributed by atoms with Gasteiger partial charge in [-0.05, 0) is 30.5 Å². The Morgan fingerprint density at radius 3 is 2.41 bits per heavy atom. The third-order valence-electron chi connectivity index (χ3n) is 5.76. The molecule has 0 spiro atoms. The topological polar surface area (TPSA) is 108 Å². The van der Waals surface area contributed by atoms with E-state index in [-0.39, 0.29) is 35.6 Å². The van der Waals surface area contributed by atoms with Crippen molar-refractivity contribution in [3.63, 3.8) is 0 Å². The van der Waals surface area contributed by atoms with Crippen LogP contribution in [-0.2, 0) is 26.2 Å². The van der Waals surface area contributed by atoms with Gasteiger partial charge in [0.25, 0.3) is 10.0 Å². The molecule has 2 aromatic carbocycles. The number of benzene rings is 2. The third kappa shape index (κ3) is 4.99.